The van der Waals surface area contributed by atoms with Crippen LogP contribution in [0.4, 0.5) is 20.4 Å². The maximum absolute atomic E-state index is 13.7. The van der Waals surface area contributed by atoms with Crippen molar-refractivity contribution in [3.63, 3.8) is 0 Å². The van der Waals surface area contributed by atoms with E-state index in [4.69, 9.17) is 0 Å². The Hall–Kier alpha value is -1.39. The second-order valence-electron chi connectivity index (χ2n) is 3.73. The number of nitrogens with zero attached hydrogens (tertiary/aromatic N) is 2. The summed E-state index contributed by atoms with van der Waals surface area (Å²) >= 11 is 0. The SMILES string of the molecule is CCCN(CC)c1nc(NCC)c(F)cc1F. The molecule has 1 aromatic rings. The molecule has 0 aromatic carbocycles. The predicted molar refractivity (Wildman–Crippen MR) is 66.5 cm³/mol. The van der Waals surface area contributed by atoms with Crippen molar-refractivity contribution in [2.24, 2.45) is 0 Å². The lowest BCUT2D eigenvalue weighted by Crippen LogP contribution is -2.26. The van der Waals surface area contributed by atoms with Crippen molar-refractivity contribution >= 4 is 11.6 Å². The van der Waals surface area contributed by atoms with Crippen molar-refractivity contribution in [3.05, 3.63) is 17.7 Å². The molecule has 5 heteroatoms. The summed E-state index contributed by atoms with van der Waals surface area (Å²) in [7, 11) is 0. The van der Waals surface area contributed by atoms with E-state index in [0.717, 1.165) is 12.5 Å². The van der Waals surface area contributed by atoms with Gasteiger partial charge in [0.2, 0.25) is 0 Å². The summed E-state index contributed by atoms with van der Waals surface area (Å²) in [4.78, 5) is 5.82. The number of aromatic nitrogens is 1. The molecule has 3 nitrogen and oxygen atoms in total. The van der Waals surface area contributed by atoms with Gasteiger partial charge in [0.05, 0.1) is 0 Å². The fourth-order valence-electron chi connectivity index (χ4n) is 1.65. The Morgan fingerprint density at radius 1 is 1.24 bits per heavy atom. The Labute approximate surface area is 101 Å². The monoisotopic (exact) mass is 243 g/mol. The molecule has 0 fully saturated rings. The zero-order valence-corrected chi connectivity index (χ0v) is 10.6. The third kappa shape index (κ3) is 3.28. The van der Waals surface area contributed by atoms with Gasteiger partial charge in [-0.25, -0.2) is 13.8 Å². The van der Waals surface area contributed by atoms with Gasteiger partial charge < -0.3 is 10.2 Å². The summed E-state index contributed by atoms with van der Waals surface area (Å²) in [5.74, 6) is -0.940. The maximum atomic E-state index is 13.7. The molecule has 1 N–H and O–H groups in total. The van der Waals surface area contributed by atoms with Gasteiger partial charge in [-0.2, -0.15) is 0 Å². The van der Waals surface area contributed by atoms with Crippen LogP contribution in [-0.2, 0) is 0 Å². The van der Waals surface area contributed by atoms with E-state index in [9.17, 15) is 8.78 Å². The second-order valence-corrected chi connectivity index (χ2v) is 3.73. The van der Waals surface area contributed by atoms with E-state index in [-0.39, 0.29) is 11.6 Å². The summed E-state index contributed by atoms with van der Waals surface area (Å²) < 4.78 is 27.0. The lowest BCUT2D eigenvalue weighted by Gasteiger charge is -2.22. The van der Waals surface area contributed by atoms with Crippen LogP contribution in [0.3, 0.4) is 0 Å². The molecule has 1 aromatic heterocycles. The van der Waals surface area contributed by atoms with Crippen LogP contribution in [0.1, 0.15) is 27.2 Å². The summed E-state index contributed by atoms with van der Waals surface area (Å²) in [6, 6.07) is 0.888. The number of rotatable bonds is 6. The van der Waals surface area contributed by atoms with E-state index in [1.165, 1.54) is 0 Å². The third-order valence-electron chi connectivity index (χ3n) is 2.43. The Balaban J connectivity index is 3.08. The zero-order chi connectivity index (χ0) is 12.8. The van der Waals surface area contributed by atoms with Crippen molar-refractivity contribution in [3.8, 4) is 0 Å². The summed E-state index contributed by atoms with van der Waals surface area (Å²) in [6.45, 7) is 7.68. The zero-order valence-electron chi connectivity index (χ0n) is 10.6. The Morgan fingerprint density at radius 2 is 1.94 bits per heavy atom. The molecule has 0 unspecified atom stereocenters. The molecule has 0 spiro atoms. The van der Waals surface area contributed by atoms with Gasteiger partial charge in [-0.05, 0) is 20.3 Å². The molecule has 96 valence electrons. The van der Waals surface area contributed by atoms with Crippen LogP contribution in [0.5, 0.6) is 0 Å². The van der Waals surface area contributed by atoms with Crippen molar-refractivity contribution in [1.82, 2.24) is 4.98 Å². The number of hydrogen-bond donors (Lipinski definition) is 1. The second kappa shape index (κ2) is 6.37. The van der Waals surface area contributed by atoms with Crippen LogP contribution in [0.25, 0.3) is 0 Å². The topological polar surface area (TPSA) is 28.2 Å². The van der Waals surface area contributed by atoms with E-state index in [2.05, 4.69) is 10.3 Å². The van der Waals surface area contributed by atoms with Gasteiger partial charge >= 0.3 is 0 Å². The Bertz CT molecular complexity index is 369. The van der Waals surface area contributed by atoms with Crippen molar-refractivity contribution in [1.29, 1.82) is 0 Å². The smallest absolute Gasteiger partial charge is 0.168 e. The first kappa shape index (κ1) is 13.7. The Kier molecular flexibility index (Phi) is 5.12. The van der Waals surface area contributed by atoms with Gasteiger partial charge in [-0.1, -0.05) is 6.92 Å². The van der Waals surface area contributed by atoms with E-state index in [1.54, 1.807) is 4.90 Å². The molecule has 0 aliphatic carbocycles. The fourth-order valence-corrected chi connectivity index (χ4v) is 1.65. The van der Waals surface area contributed by atoms with E-state index < -0.39 is 11.6 Å². The molecule has 0 saturated heterocycles. The summed E-state index contributed by atoms with van der Waals surface area (Å²) in [5.41, 5.74) is 0. The lowest BCUT2D eigenvalue weighted by atomic mass is 10.3. The standard InChI is InChI=1S/C12H19F2N3/c1-4-7-17(6-3)12-10(14)8-9(13)11(16-12)15-5-2/h8H,4-7H2,1-3H3,(H,15,16). The molecule has 0 saturated carbocycles. The molecule has 0 bridgehead atoms. The number of hydrogen-bond acceptors (Lipinski definition) is 3. The van der Waals surface area contributed by atoms with Gasteiger partial charge in [0.15, 0.2) is 23.3 Å². The van der Waals surface area contributed by atoms with Gasteiger partial charge in [0, 0.05) is 25.7 Å². The quantitative estimate of drug-likeness (QED) is 0.832. The maximum Gasteiger partial charge on any atom is 0.168 e. The molecule has 17 heavy (non-hydrogen) atoms. The van der Waals surface area contributed by atoms with E-state index in [0.29, 0.717) is 19.6 Å². The molecule has 1 heterocycles. The third-order valence-corrected chi connectivity index (χ3v) is 2.43. The highest BCUT2D eigenvalue weighted by atomic mass is 19.1. The van der Waals surface area contributed by atoms with Crippen LogP contribution in [0, 0.1) is 11.6 Å². The van der Waals surface area contributed by atoms with Crippen LogP contribution in [-0.4, -0.2) is 24.6 Å². The fraction of sp³-hybridized carbons (Fsp3) is 0.583. The predicted octanol–water partition coefficient (Wildman–Crippen LogP) is 3.03. The minimum absolute atomic E-state index is 0.110. The minimum Gasteiger partial charge on any atom is -0.368 e. The number of nitrogens with one attached hydrogen (secondary N) is 1. The molecule has 0 aliphatic rings. The summed E-state index contributed by atoms with van der Waals surface area (Å²) in [6.07, 6.45) is 0.892. The van der Waals surface area contributed by atoms with E-state index >= 15 is 0 Å². The molecule has 0 atom stereocenters. The molecule has 1 rings (SSSR count). The first-order chi connectivity index (χ1) is 8.13. The molecule has 0 radical (unpaired) electrons. The van der Waals surface area contributed by atoms with Crippen LogP contribution in [0.2, 0.25) is 0 Å². The van der Waals surface area contributed by atoms with Crippen LogP contribution < -0.4 is 10.2 Å². The highest BCUT2D eigenvalue weighted by molar-refractivity contribution is 5.49. The number of anilines is 2. The Morgan fingerprint density at radius 3 is 2.47 bits per heavy atom. The number of pyridine rings is 1. The van der Waals surface area contributed by atoms with Gasteiger partial charge in [-0.15, -0.1) is 0 Å². The number of halogens is 2. The lowest BCUT2D eigenvalue weighted by molar-refractivity contribution is 0.569. The molecule has 0 amide bonds. The van der Waals surface area contributed by atoms with Gasteiger partial charge in [0.25, 0.3) is 0 Å². The average molecular weight is 243 g/mol. The normalized spacial score (nSPS) is 10.4. The van der Waals surface area contributed by atoms with Crippen molar-refractivity contribution < 1.29 is 8.78 Å². The highest BCUT2D eigenvalue weighted by Crippen LogP contribution is 2.22. The summed E-state index contributed by atoms with van der Waals surface area (Å²) in [5, 5.41) is 2.79. The van der Waals surface area contributed by atoms with Gasteiger partial charge in [0.1, 0.15) is 0 Å². The largest absolute Gasteiger partial charge is 0.368 e. The van der Waals surface area contributed by atoms with Crippen molar-refractivity contribution in [2.75, 3.05) is 29.9 Å². The van der Waals surface area contributed by atoms with Gasteiger partial charge in [-0.3, -0.25) is 0 Å². The van der Waals surface area contributed by atoms with Crippen LogP contribution in [0.15, 0.2) is 6.07 Å². The van der Waals surface area contributed by atoms with Crippen molar-refractivity contribution in [2.45, 2.75) is 27.2 Å². The minimum atomic E-state index is -0.652. The van der Waals surface area contributed by atoms with Crippen LogP contribution >= 0.6 is 0 Å². The molecule has 0 aliphatic heterocycles. The first-order valence-corrected chi connectivity index (χ1v) is 5.98. The van der Waals surface area contributed by atoms with E-state index in [1.807, 2.05) is 20.8 Å². The molecular formula is C12H19F2N3. The average Bonchev–Trinajstić information content (AvgIpc) is 2.30. The molecular weight excluding hydrogens is 224 g/mol. The first-order valence-electron chi connectivity index (χ1n) is 5.98. The highest BCUT2D eigenvalue weighted by Gasteiger charge is 2.15.